The van der Waals surface area contributed by atoms with E-state index in [1.54, 1.807) is 13.4 Å². The molecule has 2 heteroatoms. The Morgan fingerprint density at radius 1 is 1.50 bits per heavy atom. The van der Waals surface area contributed by atoms with Gasteiger partial charge in [0, 0.05) is 20.3 Å². The molecule has 0 aliphatic carbocycles. The van der Waals surface area contributed by atoms with Crippen LogP contribution in [0.3, 0.4) is 0 Å². The summed E-state index contributed by atoms with van der Waals surface area (Å²) < 4.78 is 0. The fraction of sp³-hybridized carbons (Fsp3) is 0.500. The van der Waals surface area contributed by atoms with E-state index in [4.69, 9.17) is 0 Å². The maximum Gasteiger partial charge on any atom is 0.0883 e. The van der Waals surface area contributed by atoms with Crippen LogP contribution in [0, 0.1) is 0 Å². The molecule has 0 heterocycles. The number of hydrogen-bond donors (Lipinski definition) is 0. The number of hydrogen-bond acceptors (Lipinski definition) is 1. The summed E-state index contributed by atoms with van der Waals surface area (Å²) >= 11 is 0. The third kappa shape index (κ3) is 3.40. The summed E-state index contributed by atoms with van der Waals surface area (Å²) in [5.74, 6) is 0. The topological polar surface area (TPSA) is 15.6 Å². The largest absolute Gasteiger partial charge is 0.343 e. The van der Waals surface area contributed by atoms with Crippen molar-refractivity contribution in [1.82, 2.24) is 4.90 Å². The highest BCUT2D eigenvalue weighted by molar-refractivity contribution is 5.55. The minimum absolute atomic E-state index is 1.75. The van der Waals surface area contributed by atoms with Crippen LogP contribution in [0.15, 0.2) is 17.3 Å². The summed E-state index contributed by atoms with van der Waals surface area (Å²) in [7, 11) is 3.69. The summed E-state index contributed by atoms with van der Waals surface area (Å²) in [5.41, 5.74) is 0. The fourth-order valence-corrected chi connectivity index (χ4v) is 0.456. The predicted molar refractivity (Wildman–Crippen MR) is 37.0 cm³/mol. The maximum atomic E-state index is 3.80. The van der Waals surface area contributed by atoms with Crippen LogP contribution in [0.2, 0.25) is 0 Å². The lowest BCUT2D eigenvalue weighted by Crippen LogP contribution is -2.05. The average molecular weight is 112 g/mol. The Morgan fingerprint density at radius 3 is 2.50 bits per heavy atom. The highest BCUT2D eigenvalue weighted by Crippen LogP contribution is 1.76. The van der Waals surface area contributed by atoms with Gasteiger partial charge in [0.1, 0.15) is 0 Å². The van der Waals surface area contributed by atoms with Crippen molar-refractivity contribution in [1.29, 1.82) is 0 Å². The molecule has 0 N–H and O–H groups in total. The van der Waals surface area contributed by atoms with Crippen LogP contribution < -0.4 is 0 Å². The van der Waals surface area contributed by atoms with E-state index in [1.165, 1.54) is 0 Å². The molecule has 0 saturated heterocycles. The lowest BCUT2D eigenvalue weighted by atomic mass is 10.7. The molecule has 8 heavy (non-hydrogen) atoms. The molecule has 0 saturated carbocycles. The predicted octanol–water partition coefficient (Wildman–Crippen LogP) is 1.11. The second kappa shape index (κ2) is 4.37. The molecule has 0 aromatic rings. The van der Waals surface area contributed by atoms with Gasteiger partial charge >= 0.3 is 0 Å². The molecule has 0 aliphatic heterocycles. The van der Waals surface area contributed by atoms with Gasteiger partial charge in [-0.15, -0.1) is 0 Å². The van der Waals surface area contributed by atoms with Crippen molar-refractivity contribution in [3.8, 4) is 0 Å². The van der Waals surface area contributed by atoms with E-state index in [1.807, 2.05) is 31.1 Å². The number of allylic oxidation sites excluding steroid dienone is 1. The second-order valence-corrected chi connectivity index (χ2v) is 1.52. The molecule has 0 fully saturated rings. The normalized spacial score (nSPS) is 11.4. The molecule has 0 aliphatic rings. The zero-order chi connectivity index (χ0) is 6.41. The molecule has 0 radical (unpaired) electrons. The van der Waals surface area contributed by atoms with Crippen LogP contribution in [0.1, 0.15) is 6.92 Å². The first-order valence-corrected chi connectivity index (χ1v) is 2.58. The van der Waals surface area contributed by atoms with E-state index in [-0.39, 0.29) is 0 Å². The zero-order valence-corrected chi connectivity index (χ0v) is 5.63. The van der Waals surface area contributed by atoms with Crippen molar-refractivity contribution in [2.24, 2.45) is 4.99 Å². The van der Waals surface area contributed by atoms with E-state index in [2.05, 4.69) is 4.99 Å². The van der Waals surface area contributed by atoms with Crippen molar-refractivity contribution in [3.63, 3.8) is 0 Å². The zero-order valence-electron chi connectivity index (χ0n) is 5.63. The highest BCUT2D eigenvalue weighted by atomic mass is 15.1. The number of nitrogens with zero attached hydrogens (tertiary/aromatic N) is 2. The fourth-order valence-electron chi connectivity index (χ4n) is 0.456. The quantitative estimate of drug-likeness (QED) is 0.386. The Bertz CT molecular complexity index is 82.7. The van der Waals surface area contributed by atoms with Crippen molar-refractivity contribution >= 4 is 6.34 Å². The minimum atomic E-state index is 1.75. The third-order valence-electron chi connectivity index (χ3n) is 0.682. The molecule has 0 rings (SSSR count). The van der Waals surface area contributed by atoms with Gasteiger partial charge in [0.15, 0.2) is 0 Å². The van der Waals surface area contributed by atoms with Crippen LogP contribution in [0.5, 0.6) is 0 Å². The summed E-state index contributed by atoms with van der Waals surface area (Å²) in [6.07, 6.45) is 5.65. The van der Waals surface area contributed by atoms with E-state index >= 15 is 0 Å². The maximum absolute atomic E-state index is 3.80. The average Bonchev–Trinajstić information content (AvgIpc) is 1.68. The van der Waals surface area contributed by atoms with Crippen molar-refractivity contribution in [2.75, 3.05) is 14.1 Å². The van der Waals surface area contributed by atoms with E-state index in [0.717, 1.165) is 0 Å². The molecule has 0 atom stereocenters. The smallest absolute Gasteiger partial charge is 0.0883 e. The molecular formula is C6H12N2. The Balaban J connectivity index is 3.47. The van der Waals surface area contributed by atoms with Gasteiger partial charge < -0.3 is 4.90 Å². The molecule has 0 aromatic heterocycles. The molecular weight excluding hydrogens is 100 g/mol. The first kappa shape index (κ1) is 7.21. The summed E-state index contributed by atoms with van der Waals surface area (Å²) in [4.78, 5) is 5.69. The lowest BCUT2D eigenvalue weighted by Gasteiger charge is -2.02. The van der Waals surface area contributed by atoms with Gasteiger partial charge in [-0.25, -0.2) is 0 Å². The van der Waals surface area contributed by atoms with Gasteiger partial charge in [-0.05, 0) is 6.92 Å². The summed E-state index contributed by atoms with van der Waals surface area (Å²) in [5, 5.41) is 0. The SMILES string of the molecule is C/C=C/N(C)/C=N\C. The van der Waals surface area contributed by atoms with Gasteiger partial charge in [-0.3, -0.25) is 4.99 Å². The van der Waals surface area contributed by atoms with Crippen molar-refractivity contribution < 1.29 is 0 Å². The lowest BCUT2D eigenvalue weighted by molar-refractivity contribution is 0.707. The van der Waals surface area contributed by atoms with Crippen LogP contribution in [-0.4, -0.2) is 25.3 Å². The van der Waals surface area contributed by atoms with Gasteiger partial charge in [-0.1, -0.05) is 6.08 Å². The molecule has 0 amide bonds. The van der Waals surface area contributed by atoms with Crippen LogP contribution in [-0.2, 0) is 0 Å². The van der Waals surface area contributed by atoms with E-state index in [9.17, 15) is 0 Å². The Morgan fingerprint density at radius 2 is 2.12 bits per heavy atom. The van der Waals surface area contributed by atoms with Crippen LogP contribution in [0.25, 0.3) is 0 Å². The number of rotatable bonds is 2. The van der Waals surface area contributed by atoms with E-state index < -0.39 is 0 Å². The van der Waals surface area contributed by atoms with Crippen molar-refractivity contribution in [2.45, 2.75) is 6.92 Å². The monoisotopic (exact) mass is 112 g/mol. The second-order valence-electron chi connectivity index (χ2n) is 1.52. The summed E-state index contributed by atoms with van der Waals surface area (Å²) in [6, 6.07) is 0. The summed E-state index contributed by atoms with van der Waals surface area (Å²) in [6.45, 7) is 1.97. The molecule has 0 bridgehead atoms. The first-order chi connectivity index (χ1) is 3.81. The minimum Gasteiger partial charge on any atom is -0.343 e. The molecule has 46 valence electrons. The Labute approximate surface area is 50.5 Å². The molecule has 0 unspecified atom stereocenters. The first-order valence-electron chi connectivity index (χ1n) is 2.58. The van der Waals surface area contributed by atoms with E-state index in [0.29, 0.717) is 0 Å². The van der Waals surface area contributed by atoms with Crippen LogP contribution in [0.4, 0.5) is 0 Å². The Kier molecular flexibility index (Phi) is 3.94. The Hall–Kier alpha value is -0.790. The van der Waals surface area contributed by atoms with Gasteiger partial charge in [0.05, 0.1) is 6.34 Å². The standard InChI is InChI=1S/C6H12N2/c1-4-5-8(3)6-7-2/h4-6H,1-3H3/b5-4+,7-6-. The van der Waals surface area contributed by atoms with Gasteiger partial charge in [0.25, 0.3) is 0 Å². The van der Waals surface area contributed by atoms with Gasteiger partial charge in [-0.2, -0.15) is 0 Å². The molecule has 0 aromatic carbocycles. The third-order valence-corrected chi connectivity index (χ3v) is 0.682. The van der Waals surface area contributed by atoms with Gasteiger partial charge in [0.2, 0.25) is 0 Å². The highest BCUT2D eigenvalue weighted by Gasteiger charge is 1.75. The van der Waals surface area contributed by atoms with Crippen LogP contribution >= 0.6 is 0 Å². The number of aliphatic imine (C=N–C) groups is 1. The van der Waals surface area contributed by atoms with Crippen molar-refractivity contribution in [3.05, 3.63) is 12.3 Å². The molecule has 2 nitrogen and oxygen atoms in total. The molecule has 0 spiro atoms.